The van der Waals surface area contributed by atoms with E-state index in [0.29, 0.717) is 22.8 Å². The minimum atomic E-state index is -4.76. The molecule has 2 heterocycles. The largest absolute Gasteiger partial charge is 0.417 e. The second-order valence-electron chi connectivity index (χ2n) is 11.2. The molecule has 0 aliphatic carbocycles. The molecule has 0 atom stereocenters. The van der Waals surface area contributed by atoms with Crippen molar-refractivity contribution in [2.24, 2.45) is 7.05 Å². The summed E-state index contributed by atoms with van der Waals surface area (Å²) in [6.07, 6.45) is -4.29. The van der Waals surface area contributed by atoms with E-state index in [2.05, 4.69) is 0 Å². The van der Waals surface area contributed by atoms with Crippen molar-refractivity contribution in [1.82, 2.24) is 4.57 Å². The number of hydrogen-bond acceptors (Lipinski definition) is 6. The maximum absolute atomic E-state index is 13.7. The first-order chi connectivity index (χ1) is 22.1. The molecule has 2 aromatic carbocycles. The van der Waals surface area contributed by atoms with Gasteiger partial charge in [0.2, 0.25) is 0 Å². The Morgan fingerprint density at radius 1 is 0.854 bits per heavy atom. The van der Waals surface area contributed by atoms with Crippen LogP contribution in [0, 0.1) is 0 Å². The van der Waals surface area contributed by atoms with E-state index < -0.39 is 60.2 Å². The van der Waals surface area contributed by atoms with Gasteiger partial charge in [-0.1, -0.05) is 17.7 Å². The molecular formula is C29H32ClF6N4O6S2+. The number of benzene rings is 2. The standard InChI is InChI=1S/C29H31ClF6N4O6S2/c1-37-22-11-10-19(28(31,32)33)16-24(22)39(12-3-5-14-47(41,42)43)26(37)8-7-9-27-38(2)23-18-21(30)20(29(34,35)36)17-25(23)40(27)13-4-6-15-48(44,45)46/h7-11,16-18H,3-6,12-15H2,1-2H3,(H-,41,42,43,44,45,46)/p+1. The van der Waals surface area contributed by atoms with Crippen molar-refractivity contribution in [3.8, 4) is 0 Å². The summed E-state index contributed by atoms with van der Waals surface area (Å²) in [4.78, 5) is 3.12. The number of rotatable bonds is 12. The minimum absolute atomic E-state index is 0.0185. The average molecular weight is 746 g/mol. The molecule has 1 aliphatic rings. The lowest BCUT2D eigenvalue weighted by molar-refractivity contribution is -0.647. The molecule has 2 N–H and O–H groups in total. The maximum Gasteiger partial charge on any atom is 0.417 e. The number of aryl methyl sites for hydroxylation is 2. The number of unbranched alkanes of at least 4 members (excludes halogenated alkanes) is 2. The van der Waals surface area contributed by atoms with Crippen molar-refractivity contribution < 1.29 is 56.9 Å². The fraction of sp³-hybridized carbons (Fsp3) is 0.414. The minimum Gasteiger partial charge on any atom is -0.329 e. The lowest BCUT2D eigenvalue weighted by atomic mass is 10.1. The van der Waals surface area contributed by atoms with Gasteiger partial charge in [-0.3, -0.25) is 9.11 Å². The molecule has 3 aromatic rings. The predicted molar refractivity (Wildman–Crippen MR) is 169 cm³/mol. The van der Waals surface area contributed by atoms with E-state index in [-0.39, 0.29) is 50.0 Å². The molecule has 19 heteroatoms. The van der Waals surface area contributed by atoms with Crippen LogP contribution in [0.2, 0.25) is 5.02 Å². The average Bonchev–Trinajstić information content (AvgIpc) is 3.35. The zero-order valence-corrected chi connectivity index (χ0v) is 27.9. The molecule has 0 fully saturated rings. The Hall–Kier alpha value is -3.32. The van der Waals surface area contributed by atoms with Crippen molar-refractivity contribution in [1.29, 1.82) is 0 Å². The Bertz CT molecular complexity index is 1980. The predicted octanol–water partition coefficient (Wildman–Crippen LogP) is 6.30. The van der Waals surface area contributed by atoms with Gasteiger partial charge in [-0.05, 0) is 56.0 Å². The van der Waals surface area contributed by atoms with Crippen LogP contribution in [-0.2, 0) is 46.2 Å². The number of nitrogens with zero attached hydrogens (tertiary/aromatic N) is 4. The summed E-state index contributed by atoms with van der Waals surface area (Å²) >= 11 is 5.99. The first kappa shape index (κ1) is 37.5. The van der Waals surface area contributed by atoms with Crippen LogP contribution in [0.5, 0.6) is 0 Å². The molecule has 10 nitrogen and oxygen atoms in total. The molecule has 0 saturated heterocycles. The van der Waals surface area contributed by atoms with E-state index in [1.165, 1.54) is 11.0 Å². The van der Waals surface area contributed by atoms with Gasteiger partial charge in [-0.2, -0.15) is 43.2 Å². The quantitative estimate of drug-likeness (QED) is 0.0959. The molecule has 0 bridgehead atoms. The second-order valence-corrected chi connectivity index (χ2v) is 14.7. The summed E-state index contributed by atoms with van der Waals surface area (Å²) in [6.45, 7) is 0.155. The van der Waals surface area contributed by atoms with Gasteiger partial charge in [0.15, 0.2) is 11.0 Å². The molecule has 1 aliphatic heterocycles. The Balaban J connectivity index is 1.76. The van der Waals surface area contributed by atoms with E-state index in [1.54, 1.807) is 46.4 Å². The van der Waals surface area contributed by atoms with Gasteiger partial charge in [0.1, 0.15) is 5.82 Å². The van der Waals surface area contributed by atoms with Crippen LogP contribution in [0.15, 0.2) is 48.3 Å². The topological polar surface area (TPSA) is 124 Å². The van der Waals surface area contributed by atoms with E-state index in [4.69, 9.17) is 20.7 Å². The molecule has 0 amide bonds. The maximum atomic E-state index is 13.7. The summed E-state index contributed by atoms with van der Waals surface area (Å²) in [5.74, 6) is -0.288. The van der Waals surface area contributed by atoms with Crippen molar-refractivity contribution in [3.63, 3.8) is 0 Å². The molecule has 48 heavy (non-hydrogen) atoms. The second kappa shape index (κ2) is 13.9. The molecule has 0 unspecified atom stereocenters. The number of halogens is 7. The normalized spacial score (nSPS) is 15.4. The Morgan fingerprint density at radius 3 is 2.02 bits per heavy atom. The van der Waals surface area contributed by atoms with Crippen LogP contribution in [0.25, 0.3) is 17.1 Å². The third kappa shape index (κ3) is 8.82. The van der Waals surface area contributed by atoms with E-state index in [0.717, 1.165) is 24.3 Å². The summed E-state index contributed by atoms with van der Waals surface area (Å²) in [7, 11) is -5.29. The van der Waals surface area contributed by atoms with E-state index in [1.807, 2.05) is 0 Å². The highest BCUT2D eigenvalue weighted by atomic mass is 35.5. The Morgan fingerprint density at radius 2 is 1.46 bits per heavy atom. The van der Waals surface area contributed by atoms with Gasteiger partial charge in [0.25, 0.3) is 26.1 Å². The molecule has 0 radical (unpaired) electrons. The van der Waals surface area contributed by atoms with Gasteiger partial charge in [-0.25, -0.2) is 9.13 Å². The zero-order valence-electron chi connectivity index (χ0n) is 25.6. The van der Waals surface area contributed by atoms with Crippen molar-refractivity contribution in [2.75, 3.05) is 34.9 Å². The molecule has 264 valence electrons. The van der Waals surface area contributed by atoms with Gasteiger partial charge in [0.05, 0.1) is 52.6 Å². The highest BCUT2D eigenvalue weighted by molar-refractivity contribution is 7.86. The SMILES string of the molecule is CN1/C(=C\C=C\c2n(CCCCS(=O)(=O)O)c3cc(C(F)(F)F)ccc3[n+]2C)N(CCCCS(=O)(=O)O)c2cc(C(F)(F)F)c(Cl)cc21. The van der Waals surface area contributed by atoms with Crippen molar-refractivity contribution in [3.05, 3.63) is 70.3 Å². The highest BCUT2D eigenvalue weighted by Gasteiger charge is 2.38. The van der Waals surface area contributed by atoms with E-state index >= 15 is 0 Å². The van der Waals surface area contributed by atoms with Crippen LogP contribution < -0.4 is 14.4 Å². The van der Waals surface area contributed by atoms with Crippen LogP contribution >= 0.6 is 11.6 Å². The van der Waals surface area contributed by atoms with Crippen LogP contribution in [-0.4, -0.2) is 55.6 Å². The zero-order chi connectivity index (χ0) is 35.8. The lowest BCUT2D eigenvalue weighted by Gasteiger charge is -2.23. The van der Waals surface area contributed by atoms with Crippen LogP contribution in [0.4, 0.5) is 37.7 Å². The van der Waals surface area contributed by atoms with Crippen molar-refractivity contribution in [2.45, 2.75) is 44.6 Å². The van der Waals surface area contributed by atoms with Gasteiger partial charge >= 0.3 is 12.4 Å². The molecule has 4 rings (SSSR count). The van der Waals surface area contributed by atoms with Crippen molar-refractivity contribution >= 4 is 60.3 Å². The number of imidazole rings is 1. The van der Waals surface area contributed by atoms with Gasteiger partial charge < -0.3 is 9.80 Å². The first-order valence-electron chi connectivity index (χ1n) is 14.4. The first-order valence-corrected chi connectivity index (χ1v) is 18.0. The molecule has 0 spiro atoms. The highest BCUT2D eigenvalue weighted by Crippen LogP contribution is 2.47. The number of aromatic nitrogens is 2. The number of alkyl halides is 6. The van der Waals surface area contributed by atoms with E-state index in [9.17, 15) is 43.2 Å². The number of anilines is 2. The summed E-state index contributed by atoms with van der Waals surface area (Å²) < 4.78 is 148. The van der Waals surface area contributed by atoms with Crippen LogP contribution in [0.1, 0.15) is 42.6 Å². The van der Waals surface area contributed by atoms with Crippen LogP contribution in [0.3, 0.4) is 0 Å². The number of fused-ring (bicyclic) bond motifs is 2. The number of allylic oxidation sites excluding steroid dienone is 2. The summed E-state index contributed by atoms with van der Waals surface area (Å²) in [6, 6.07) is 5.28. The van der Waals surface area contributed by atoms with Gasteiger partial charge in [-0.15, -0.1) is 0 Å². The fourth-order valence-corrected chi connectivity index (χ4v) is 6.91. The lowest BCUT2D eigenvalue weighted by Crippen LogP contribution is -2.31. The molecule has 1 aromatic heterocycles. The Labute approximate surface area is 278 Å². The number of hydrogen-bond donors (Lipinski definition) is 2. The smallest absolute Gasteiger partial charge is 0.329 e. The monoisotopic (exact) mass is 745 g/mol. The molecular weight excluding hydrogens is 714 g/mol. The summed E-state index contributed by atoms with van der Waals surface area (Å²) in [5.41, 5.74) is -0.826. The fourth-order valence-electron chi connectivity index (χ4n) is 5.51. The third-order valence-corrected chi connectivity index (χ3v) is 9.70. The Kier molecular flexibility index (Phi) is 10.9. The summed E-state index contributed by atoms with van der Waals surface area (Å²) in [5, 5.41) is -0.528. The molecule has 0 saturated carbocycles. The third-order valence-electron chi connectivity index (χ3n) is 7.78. The van der Waals surface area contributed by atoms with Gasteiger partial charge in [0, 0.05) is 25.7 Å².